The molecule has 1 aromatic rings. The molecule has 0 aliphatic carbocycles. The lowest BCUT2D eigenvalue weighted by molar-refractivity contribution is 0.0376. The number of anilines is 1. The van der Waals surface area contributed by atoms with Gasteiger partial charge in [0.1, 0.15) is 4.90 Å². The first-order valence-corrected chi connectivity index (χ1v) is 8.64. The molecule has 0 unspecified atom stereocenters. The van der Waals surface area contributed by atoms with E-state index in [1.807, 2.05) is 6.92 Å². The van der Waals surface area contributed by atoms with E-state index in [0.29, 0.717) is 13.1 Å². The quantitative estimate of drug-likeness (QED) is 0.656. The number of nitrogens with zero attached hydrogens (tertiary/aromatic N) is 3. The molecule has 0 spiro atoms. The van der Waals surface area contributed by atoms with Crippen LogP contribution in [0.1, 0.15) is 13.3 Å². The van der Waals surface area contributed by atoms with E-state index in [-0.39, 0.29) is 10.7 Å². The molecule has 1 fully saturated rings. The second kappa shape index (κ2) is 7.21. The molecule has 9 heteroatoms. The van der Waals surface area contributed by atoms with Gasteiger partial charge >= 0.3 is 0 Å². The summed E-state index contributed by atoms with van der Waals surface area (Å²) in [6.07, 6.45) is 2.21. The van der Waals surface area contributed by atoms with Crippen molar-refractivity contribution in [3.63, 3.8) is 0 Å². The molecule has 1 aliphatic heterocycles. The van der Waals surface area contributed by atoms with Gasteiger partial charge < -0.3 is 10.5 Å². The highest BCUT2D eigenvalue weighted by molar-refractivity contribution is 7.89. The van der Waals surface area contributed by atoms with Gasteiger partial charge in [-0.25, -0.2) is 13.1 Å². The molecule has 0 aromatic carbocycles. The molecule has 1 aromatic heterocycles. The second-order valence-electron chi connectivity index (χ2n) is 4.94. The van der Waals surface area contributed by atoms with E-state index in [4.69, 9.17) is 10.5 Å². The van der Waals surface area contributed by atoms with Crippen molar-refractivity contribution in [2.75, 3.05) is 45.1 Å². The van der Waals surface area contributed by atoms with Crippen LogP contribution >= 0.6 is 0 Å². The number of morpholine rings is 1. The van der Waals surface area contributed by atoms with E-state index in [2.05, 4.69) is 14.7 Å². The second-order valence-corrected chi connectivity index (χ2v) is 6.68. The first-order valence-electron chi connectivity index (χ1n) is 7.15. The highest BCUT2D eigenvalue weighted by atomic mass is 32.2. The average Bonchev–Trinajstić information content (AvgIpc) is 2.87. The van der Waals surface area contributed by atoms with E-state index in [0.717, 1.165) is 39.3 Å². The predicted molar refractivity (Wildman–Crippen MR) is 79.4 cm³/mol. The van der Waals surface area contributed by atoms with Crippen LogP contribution in [0.3, 0.4) is 0 Å². The average molecular weight is 317 g/mol. The lowest BCUT2D eigenvalue weighted by atomic mass is 10.3. The predicted octanol–water partition coefficient (Wildman–Crippen LogP) is -0.514. The molecule has 0 saturated carbocycles. The van der Waals surface area contributed by atoms with Crippen LogP contribution in [-0.2, 0) is 21.3 Å². The molecule has 1 aliphatic rings. The summed E-state index contributed by atoms with van der Waals surface area (Å²) in [5, 5.41) is 3.95. The van der Waals surface area contributed by atoms with E-state index in [9.17, 15) is 8.42 Å². The van der Waals surface area contributed by atoms with Gasteiger partial charge in [0.15, 0.2) is 5.82 Å². The first-order chi connectivity index (χ1) is 10.0. The number of hydrogen-bond acceptors (Lipinski definition) is 6. The van der Waals surface area contributed by atoms with Crippen LogP contribution < -0.4 is 10.5 Å². The maximum absolute atomic E-state index is 12.2. The lowest BCUT2D eigenvalue weighted by Crippen LogP contribution is -2.38. The zero-order valence-electron chi connectivity index (χ0n) is 12.3. The summed E-state index contributed by atoms with van der Waals surface area (Å²) < 4.78 is 33.7. The molecule has 21 heavy (non-hydrogen) atoms. The van der Waals surface area contributed by atoms with Crippen LogP contribution in [0, 0.1) is 0 Å². The van der Waals surface area contributed by atoms with Crippen LogP contribution in [0.4, 0.5) is 5.82 Å². The van der Waals surface area contributed by atoms with Gasteiger partial charge in [-0.1, -0.05) is 0 Å². The fourth-order valence-corrected chi connectivity index (χ4v) is 3.34. The Balaban J connectivity index is 1.82. The number of rotatable bonds is 7. The molecule has 8 nitrogen and oxygen atoms in total. The standard InChI is InChI=1S/C12H23N5O3S/c1-2-17-10-11(12(13)15-17)21(18,19)14-4-3-5-16-6-8-20-9-7-16/h10,14H,2-9H2,1H3,(H2,13,15). The molecule has 0 amide bonds. The van der Waals surface area contributed by atoms with Crippen molar-refractivity contribution in [2.24, 2.45) is 0 Å². The van der Waals surface area contributed by atoms with Crippen LogP contribution in [-0.4, -0.2) is 62.5 Å². The van der Waals surface area contributed by atoms with Gasteiger partial charge in [0, 0.05) is 32.4 Å². The molecule has 120 valence electrons. The zero-order chi connectivity index (χ0) is 15.3. The topological polar surface area (TPSA) is 102 Å². The summed E-state index contributed by atoms with van der Waals surface area (Å²) in [6.45, 7) is 7.00. The van der Waals surface area contributed by atoms with Gasteiger partial charge in [-0.05, 0) is 19.9 Å². The summed E-state index contributed by atoms with van der Waals surface area (Å²) in [5.41, 5.74) is 5.65. The lowest BCUT2D eigenvalue weighted by Gasteiger charge is -2.26. The smallest absolute Gasteiger partial charge is 0.245 e. The Kier molecular flexibility index (Phi) is 5.57. The van der Waals surface area contributed by atoms with Crippen LogP contribution in [0.5, 0.6) is 0 Å². The Labute approximate surface area is 125 Å². The number of aryl methyl sites for hydroxylation is 1. The summed E-state index contributed by atoms with van der Waals surface area (Å²) in [4.78, 5) is 2.32. The number of aromatic nitrogens is 2. The minimum absolute atomic E-state index is 0.0394. The number of nitrogen functional groups attached to an aromatic ring is 1. The van der Waals surface area contributed by atoms with Crippen molar-refractivity contribution in [1.82, 2.24) is 19.4 Å². The van der Waals surface area contributed by atoms with Crippen LogP contribution in [0.25, 0.3) is 0 Å². The Hall–Kier alpha value is -1.16. The summed E-state index contributed by atoms with van der Waals surface area (Å²) in [6, 6.07) is 0. The molecule has 0 atom stereocenters. The molecular formula is C12H23N5O3S. The molecule has 0 radical (unpaired) electrons. The van der Waals surface area contributed by atoms with Crippen molar-refractivity contribution in [1.29, 1.82) is 0 Å². The Morgan fingerprint density at radius 3 is 2.76 bits per heavy atom. The van der Waals surface area contributed by atoms with Gasteiger partial charge in [-0.2, -0.15) is 5.10 Å². The van der Waals surface area contributed by atoms with Gasteiger partial charge in [-0.15, -0.1) is 0 Å². The third-order valence-electron chi connectivity index (χ3n) is 3.42. The van der Waals surface area contributed by atoms with Crippen molar-refractivity contribution in [2.45, 2.75) is 24.8 Å². The van der Waals surface area contributed by atoms with E-state index in [1.54, 1.807) is 0 Å². The largest absolute Gasteiger partial charge is 0.381 e. The molecule has 0 bridgehead atoms. The van der Waals surface area contributed by atoms with Gasteiger partial charge in [0.25, 0.3) is 0 Å². The zero-order valence-corrected chi connectivity index (χ0v) is 13.1. The third-order valence-corrected chi connectivity index (χ3v) is 4.89. The monoisotopic (exact) mass is 317 g/mol. The summed E-state index contributed by atoms with van der Waals surface area (Å²) in [7, 11) is -3.58. The number of hydrogen-bond donors (Lipinski definition) is 2. The van der Waals surface area contributed by atoms with Crippen molar-refractivity contribution in [3.05, 3.63) is 6.20 Å². The SMILES string of the molecule is CCn1cc(S(=O)(=O)NCCCN2CCOCC2)c(N)n1. The minimum atomic E-state index is -3.58. The summed E-state index contributed by atoms with van der Waals surface area (Å²) in [5.74, 6) is 0.0394. The normalized spacial score (nSPS) is 17.2. The number of nitrogens with two attached hydrogens (primary N) is 1. The highest BCUT2D eigenvalue weighted by Crippen LogP contribution is 2.15. The maximum Gasteiger partial charge on any atom is 0.245 e. The van der Waals surface area contributed by atoms with E-state index < -0.39 is 10.0 Å². The molecular weight excluding hydrogens is 294 g/mol. The number of nitrogens with one attached hydrogen (secondary N) is 1. The maximum atomic E-state index is 12.2. The van der Waals surface area contributed by atoms with Gasteiger partial charge in [0.2, 0.25) is 10.0 Å². The first kappa shape index (κ1) is 16.2. The van der Waals surface area contributed by atoms with E-state index >= 15 is 0 Å². The van der Waals surface area contributed by atoms with Crippen molar-refractivity contribution >= 4 is 15.8 Å². The molecule has 2 heterocycles. The molecule has 1 saturated heterocycles. The fourth-order valence-electron chi connectivity index (χ4n) is 2.20. The van der Waals surface area contributed by atoms with E-state index in [1.165, 1.54) is 10.9 Å². The van der Waals surface area contributed by atoms with Crippen LogP contribution in [0.2, 0.25) is 0 Å². The van der Waals surface area contributed by atoms with Gasteiger partial charge in [-0.3, -0.25) is 9.58 Å². The van der Waals surface area contributed by atoms with Gasteiger partial charge in [0.05, 0.1) is 13.2 Å². The Morgan fingerprint density at radius 2 is 2.14 bits per heavy atom. The molecule has 2 rings (SSSR count). The van der Waals surface area contributed by atoms with Crippen LogP contribution in [0.15, 0.2) is 11.1 Å². The fraction of sp³-hybridized carbons (Fsp3) is 0.750. The van der Waals surface area contributed by atoms with Crippen molar-refractivity contribution < 1.29 is 13.2 Å². The number of ether oxygens (including phenoxy) is 1. The Bertz CT molecular complexity index is 551. The Morgan fingerprint density at radius 1 is 1.43 bits per heavy atom. The van der Waals surface area contributed by atoms with Crippen molar-refractivity contribution in [3.8, 4) is 0 Å². The highest BCUT2D eigenvalue weighted by Gasteiger charge is 2.20. The molecule has 3 N–H and O–H groups in total. The number of sulfonamides is 1. The minimum Gasteiger partial charge on any atom is -0.381 e. The third kappa shape index (κ3) is 4.40. The summed E-state index contributed by atoms with van der Waals surface area (Å²) >= 11 is 0.